The molecule has 1 unspecified atom stereocenters. The summed E-state index contributed by atoms with van der Waals surface area (Å²) in [5, 5.41) is 9.84. The molecule has 1 aromatic rings. The number of amides is 1. The largest absolute Gasteiger partial charge is 0.389 e. The number of anilines is 1. The lowest BCUT2D eigenvalue weighted by Gasteiger charge is -2.28. The number of carbonyl (C=O) groups excluding carboxylic acids is 1. The first-order valence-corrected chi connectivity index (χ1v) is 6.69. The molecule has 1 rings (SSSR count). The lowest BCUT2D eigenvalue weighted by molar-refractivity contribution is -0.127. The van der Waals surface area contributed by atoms with Gasteiger partial charge in [-0.15, -0.1) is 0 Å². The van der Waals surface area contributed by atoms with E-state index in [9.17, 15) is 9.90 Å². The minimum atomic E-state index is -0.537. The Kier molecular flexibility index (Phi) is 5.83. The van der Waals surface area contributed by atoms with Crippen LogP contribution in [0.2, 0.25) is 0 Å². The van der Waals surface area contributed by atoms with Crippen molar-refractivity contribution in [2.75, 3.05) is 32.1 Å². The molecule has 19 heavy (non-hydrogen) atoms. The van der Waals surface area contributed by atoms with Crippen LogP contribution >= 0.6 is 0 Å². The van der Waals surface area contributed by atoms with Crippen molar-refractivity contribution >= 4 is 11.6 Å². The molecule has 0 spiro atoms. The lowest BCUT2D eigenvalue weighted by atomic mass is 10.1. The van der Waals surface area contributed by atoms with E-state index in [0.717, 1.165) is 24.2 Å². The van der Waals surface area contributed by atoms with Gasteiger partial charge in [-0.1, -0.05) is 25.1 Å². The van der Waals surface area contributed by atoms with Crippen molar-refractivity contribution in [1.82, 2.24) is 4.90 Å². The zero-order valence-corrected chi connectivity index (χ0v) is 12.3. The van der Waals surface area contributed by atoms with Crippen molar-refractivity contribution < 1.29 is 9.90 Å². The molecule has 0 aliphatic carbocycles. The Bertz CT molecular complexity index is 416. The number of aliphatic hydroxyl groups excluding tert-OH is 1. The van der Waals surface area contributed by atoms with Gasteiger partial charge in [0, 0.05) is 31.9 Å². The summed E-state index contributed by atoms with van der Waals surface area (Å²) >= 11 is 0. The summed E-state index contributed by atoms with van der Waals surface area (Å²) in [6, 6.07) is 7.71. The van der Waals surface area contributed by atoms with Crippen molar-refractivity contribution in [3.8, 4) is 0 Å². The van der Waals surface area contributed by atoms with E-state index in [2.05, 4.69) is 6.92 Å². The normalized spacial score (nSPS) is 12.1. The maximum Gasteiger partial charge on any atom is 0.241 e. The number of hydrogen-bond donors (Lipinski definition) is 1. The Morgan fingerprint density at radius 2 is 1.95 bits per heavy atom. The highest BCUT2D eigenvalue weighted by Gasteiger charge is 2.16. The topological polar surface area (TPSA) is 43.8 Å². The van der Waals surface area contributed by atoms with Gasteiger partial charge in [0.1, 0.15) is 0 Å². The van der Waals surface area contributed by atoms with Crippen LogP contribution in [0.25, 0.3) is 0 Å². The smallest absolute Gasteiger partial charge is 0.241 e. The predicted octanol–water partition coefficient (Wildman–Crippen LogP) is 2.04. The van der Waals surface area contributed by atoms with Gasteiger partial charge in [-0.3, -0.25) is 4.79 Å². The first-order chi connectivity index (χ1) is 8.97. The van der Waals surface area contributed by atoms with Gasteiger partial charge in [-0.25, -0.2) is 0 Å². The molecule has 0 aromatic heterocycles. The van der Waals surface area contributed by atoms with Crippen LogP contribution in [0.5, 0.6) is 0 Å². The van der Waals surface area contributed by atoms with E-state index in [1.54, 1.807) is 25.9 Å². The first kappa shape index (κ1) is 15.5. The molecule has 106 valence electrons. The number of carbonyl (C=O) groups is 1. The van der Waals surface area contributed by atoms with E-state index in [4.69, 9.17) is 0 Å². The summed E-state index contributed by atoms with van der Waals surface area (Å²) < 4.78 is 0. The number of benzene rings is 1. The average molecular weight is 264 g/mol. The number of rotatable bonds is 6. The van der Waals surface area contributed by atoms with Crippen LogP contribution in [0.3, 0.4) is 0 Å². The van der Waals surface area contributed by atoms with Gasteiger partial charge in [0.15, 0.2) is 0 Å². The number of nitrogens with zero attached hydrogens (tertiary/aromatic N) is 2. The zero-order valence-electron chi connectivity index (χ0n) is 12.3. The minimum absolute atomic E-state index is 0.0637. The van der Waals surface area contributed by atoms with E-state index in [-0.39, 0.29) is 5.91 Å². The van der Waals surface area contributed by atoms with Gasteiger partial charge in [0.25, 0.3) is 0 Å². The van der Waals surface area contributed by atoms with E-state index in [1.165, 1.54) is 0 Å². The minimum Gasteiger partial charge on any atom is -0.389 e. The standard InChI is InChI=1S/C15H24N2O2/c1-5-10-17(11-15(19)16(3)4)14-9-7-6-8-13(14)12(2)18/h6-9,12,18H,5,10-11H2,1-4H3. The Morgan fingerprint density at radius 3 is 2.47 bits per heavy atom. The number of likely N-dealkylation sites (N-methyl/N-ethyl adjacent to an activating group) is 1. The van der Waals surface area contributed by atoms with Crippen molar-refractivity contribution in [2.45, 2.75) is 26.4 Å². The van der Waals surface area contributed by atoms with Gasteiger partial charge in [-0.2, -0.15) is 0 Å². The van der Waals surface area contributed by atoms with Gasteiger partial charge < -0.3 is 14.9 Å². The van der Waals surface area contributed by atoms with E-state index in [0.29, 0.717) is 6.54 Å². The van der Waals surface area contributed by atoms with Crippen LogP contribution in [0.1, 0.15) is 31.9 Å². The van der Waals surface area contributed by atoms with Crippen molar-refractivity contribution in [2.24, 2.45) is 0 Å². The van der Waals surface area contributed by atoms with Gasteiger partial charge in [0.2, 0.25) is 5.91 Å². The van der Waals surface area contributed by atoms with E-state index < -0.39 is 6.10 Å². The third-order valence-corrected chi connectivity index (χ3v) is 3.05. The monoisotopic (exact) mass is 264 g/mol. The summed E-state index contributed by atoms with van der Waals surface area (Å²) in [7, 11) is 3.51. The van der Waals surface area contributed by atoms with Crippen LogP contribution in [0.4, 0.5) is 5.69 Å². The maximum absolute atomic E-state index is 11.9. The van der Waals surface area contributed by atoms with Crippen LogP contribution in [0.15, 0.2) is 24.3 Å². The summed E-state index contributed by atoms with van der Waals surface area (Å²) in [6.45, 7) is 4.96. The highest BCUT2D eigenvalue weighted by molar-refractivity contribution is 5.81. The van der Waals surface area contributed by atoms with Crippen molar-refractivity contribution in [1.29, 1.82) is 0 Å². The molecule has 1 N–H and O–H groups in total. The highest BCUT2D eigenvalue weighted by Crippen LogP contribution is 2.26. The van der Waals surface area contributed by atoms with Crippen LogP contribution < -0.4 is 4.90 Å². The zero-order chi connectivity index (χ0) is 14.4. The molecule has 0 aliphatic heterocycles. The van der Waals surface area contributed by atoms with Crippen LogP contribution in [-0.4, -0.2) is 43.1 Å². The van der Waals surface area contributed by atoms with Gasteiger partial charge in [-0.05, 0) is 19.4 Å². The molecule has 0 aliphatic rings. The van der Waals surface area contributed by atoms with Crippen molar-refractivity contribution in [3.05, 3.63) is 29.8 Å². The lowest BCUT2D eigenvalue weighted by Crippen LogP contribution is -2.37. The SMILES string of the molecule is CCCN(CC(=O)N(C)C)c1ccccc1C(C)O. The molecule has 4 heteroatoms. The molecule has 0 bridgehead atoms. The number of para-hydroxylation sites is 1. The highest BCUT2D eigenvalue weighted by atomic mass is 16.3. The molecule has 0 radical (unpaired) electrons. The molecule has 4 nitrogen and oxygen atoms in total. The molecule has 1 aromatic carbocycles. The Hall–Kier alpha value is -1.55. The molecule has 0 saturated carbocycles. The van der Waals surface area contributed by atoms with Crippen LogP contribution in [-0.2, 0) is 4.79 Å². The molecule has 0 saturated heterocycles. The second kappa shape index (κ2) is 7.14. The fraction of sp³-hybridized carbons (Fsp3) is 0.533. The summed E-state index contributed by atoms with van der Waals surface area (Å²) in [4.78, 5) is 15.5. The van der Waals surface area contributed by atoms with Crippen LogP contribution in [0, 0.1) is 0 Å². The second-order valence-corrected chi connectivity index (χ2v) is 4.94. The molecule has 0 fully saturated rings. The Balaban J connectivity index is 3.02. The first-order valence-electron chi connectivity index (χ1n) is 6.69. The molecule has 1 amide bonds. The fourth-order valence-corrected chi connectivity index (χ4v) is 1.99. The maximum atomic E-state index is 11.9. The van der Waals surface area contributed by atoms with Gasteiger partial charge >= 0.3 is 0 Å². The molecular formula is C15H24N2O2. The Morgan fingerprint density at radius 1 is 1.32 bits per heavy atom. The molecule has 1 atom stereocenters. The summed E-state index contributed by atoms with van der Waals surface area (Å²) in [5.41, 5.74) is 1.80. The van der Waals surface area contributed by atoms with E-state index >= 15 is 0 Å². The summed E-state index contributed by atoms with van der Waals surface area (Å²) in [6.07, 6.45) is 0.416. The third kappa shape index (κ3) is 4.24. The van der Waals surface area contributed by atoms with Gasteiger partial charge in [0.05, 0.1) is 12.6 Å². The quantitative estimate of drug-likeness (QED) is 0.855. The third-order valence-electron chi connectivity index (χ3n) is 3.05. The fourth-order valence-electron chi connectivity index (χ4n) is 1.99. The summed E-state index contributed by atoms with van der Waals surface area (Å²) in [5.74, 6) is 0.0637. The second-order valence-electron chi connectivity index (χ2n) is 4.94. The number of aliphatic hydroxyl groups is 1. The van der Waals surface area contributed by atoms with E-state index in [1.807, 2.05) is 29.2 Å². The van der Waals surface area contributed by atoms with Crippen molar-refractivity contribution in [3.63, 3.8) is 0 Å². The number of hydrogen-bond acceptors (Lipinski definition) is 3. The molecule has 0 heterocycles. The average Bonchev–Trinajstić information content (AvgIpc) is 2.37. The molecular weight excluding hydrogens is 240 g/mol. The predicted molar refractivity (Wildman–Crippen MR) is 78.3 cm³/mol. The Labute approximate surface area is 115 Å².